The van der Waals surface area contributed by atoms with Crippen molar-refractivity contribution in [2.45, 2.75) is 6.42 Å². The lowest BCUT2D eigenvalue weighted by Gasteiger charge is -2.16. The molecule has 4 rings (SSSR count). The largest absolute Gasteiger partial charge is 0.497 e. The molecule has 0 spiro atoms. The number of benzene rings is 2. The molecule has 0 N–H and O–H groups in total. The zero-order chi connectivity index (χ0) is 19.5. The minimum absolute atomic E-state index is 0.0386. The minimum atomic E-state index is -0.0386. The molecular formula is C22H19NO3S2. The maximum atomic E-state index is 12.8. The van der Waals surface area contributed by atoms with Crippen LogP contribution < -0.4 is 9.47 Å². The van der Waals surface area contributed by atoms with E-state index in [4.69, 9.17) is 21.7 Å². The lowest BCUT2D eigenvalue weighted by molar-refractivity contribution is -0.122. The highest BCUT2D eigenvalue weighted by atomic mass is 32.2. The molecule has 0 aromatic heterocycles. The number of thiocarbonyl (C=S) groups is 1. The maximum absolute atomic E-state index is 12.8. The van der Waals surface area contributed by atoms with Crippen LogP contribution in [0.4, 0.5) is 0 Å². The van der Waals surface area contributed by atoms with Crippen LogP contribution in [0.25, 0.3) is 6.08 Å². The predicted molar refractivity (Wildman–Crippen MR) is 117 cm³/mol. The average molecular weight is 410 g/mol. The van der Waals surface area contributed by atoms with Gasteiger partial charge in [-0.3, -0.25) is 9.69 Å². The van der Waals surface area contributed by atoms with Gasteiger partial charge in [0.15, 0.2) is 0 Å². The van der Waals surface area contributed by atoms with E-state index in [1.807, 2.05) is 54.6 Å². The van der Waals surface area contributed by atoms with Crippen LogP contribution in [0.5, 0.6) is 11.5 Å². The van der Waals surface area contributed by atoms with Gasteiger partial charge in [-0.15, -0.1) is 0 Å². The van der Waals surface area contributed by atoms with Crippen molar-refractivity contribution in [1.82, 2.24) is 4.90 Å². The van der Waals surface area contributed by atoms with Gasteiger partial charge in [-0.25, -0.2) is 0 Å². The Kier molecular flexibility index (Phi) is 5.50. The predicted octanol–water partition coefficient (Wildman–Crippen LogP) is 4.46. The fourth-order valence-electron chi connectivity index (χ4n) is 3.11. The average Bonchev–Trinajstić information content (AvgIpc) is 2.99. The third-order valence-corrected chi connectivity index (χ3v) is 6.01. The Morgan fingerprint density at radius 3 is 2.79 bits per heavy atom. The first-order chi connectivity index (χ1) is 13.6. The quantitative estimate of drug-likeness (QED) is 0.539. The number of hydrogen-bond acceptors (Lipinski definition) is 5. The Morgan fingerprint density at radius 1 is 1.21 bits per heavy atom. The summed E-state index contributed by atoms with van der Waals surface area (Å²) in [5, 5.41) is 0. The lowest BCUT2D eigenvalue weighted by Crippen LogP contribution is -2.30. The second kappa shape index (κ2) is 8.20. The van der Waals surface area contributed by atoms with E-state index in [0.717, 1.165) is 34.6 Å². The van der Waals surface area contributed by atoms with Crippen LogP contribution in [0, 0.1) is 0 Å². The first kappa shape index (κ1) is 18.8. The molecule has 2 aromatic carbocycles. The third-order valence-electron chi connectivity index (χ3n) is 4.63. The lowest BCUT2D eigenvalue weighted by atomic mass is 10.1. The summed E-state index contributed by atoms with van der Waals surface area (Å²) in [6, 6.07) is 15.7. The highest BCUT2D eigenvalue weighted by Crippen LogP contribution is 2.34. The second-order valence-electron chi connectivity index (χ2n) is 6.48. The Hall–Kier alpha value is -2.57. The monoisotopic (exact) mass is 409 g/mol. The number of ether oxygens (including phenoxy) is 2. The van der Waals surface area contributed by atoms with E-state index in [1.165, 1.54) is 11.8 Å². The number of thioether (sulfide) groups is 1. The molecule has 2 aliphatic rings. The van der Waals surface area contributed by atoms with Crippen molar-refractivity contribution in [1.29, 1.82) is 0 Å². The Morgan fingerprint density at radius 2 is 2.00 bits per heavy atom. The minimum Gasteiger partial charge on any atom is -0.497 e. The first-order valence-corrected chi connectivity index (χ1v) is 10.2. The molecule has 6 heteroatoms. The van der Waals surface area contributed by atoms with E-state index in [-0.39, 0.29) is 5.91 Å². The van der Waals surface area contributed by atoms with Gasteiger partial charge < -0.3 is 9.47 Å². The molecule has 1 fully saturated rings. The molecule has 4 nitrogen and oxygen atoms in total. The van der Waals surface area contributed by atoms with Crippen molar-refractivity contribution < 1.29 is 14.3 Å². The van der Waals surface area contributed by atoms with Crippen molar-refractivity contribution >= 4 is 40.3 Å². The number of nitrogens with zero attached hydrogens (tertiary/aromatic N) is 1. The number of fused-ring (bicyclic) bond motifs is 1. The van der Waals surface area contributed by atoms with E-state index in [1.54, 1.807) is 12.0 Å². The van der Waals surface area contributed by atoms with Crippen LogP contribution in [0.3, 0.4) is 0 Å². The van der Waals surface area contributed by atoms with Crippen molar-refractivity contribution in [3.63, 3.8) is 0 Å². The van der Waals surface area contributed by atoms with E-state index in [2.05, 4.69) is 6.08 Å². The number of rotatable bonds is 5. The maximum Gasteiger partial charge on any atom is 0.266 e. The second-order valence-corrected chi connectivity index (χ2v) is 8.15. The molecule has 2 heterocycles. The molecular weight excluding hydrogens is 390 g/mol. The van der Waals surface area contributed by atoms with Gasteiger partial charge in [-0.1, -0.05) is 54.3 Å². The molecule has 1 saturated heterocycles. The molecule has 2 aromatic rings. The molecule has 2 aliphatic heterocycles. The molecule has 28 heavy (non-hydrogen) atoms. The van der Waals surface area contributed by atoms with Crippen LogP contribution >= 0.6 is 24.0 Å². The molecule has 0 saturated carbocycles. The molecule has 0 unspecified atom stereocenters. The fraction of sp³-hybridized carbons (Fsp3) is 0.182. The van der Waals surface area contributed by atoms with E-state index < -0.39 is 0 Å². The first-order valence-electron chi connectivity index (χ1n) is 8.95. The summed E-state index contributed by atoms with van der Waals surface area (Å²) in [6.07, 6.45) is 4.69. The smallest absolute Gasteiger partial charge is 0.266 e. The number of carbonyl (C=O) groups is 1. The summed E-state index contributed by atoms with van der Waals surface area (Å²) in [5.74, 6) is 1.65. The molecule has 0 aliphatic carbocycles. The van der Waals surface area contributed by atoms with Crippen molar-refractivity contribution in [2.75, 3.05) is 20.3 Å². The SMILES string of the molecule is COc1ccc(CCN2C(=O)C(=CC3=Cc4ccccc4OC3)SC2=S)cc1. The topological polar surface area (TPSA) is 38.8 Å². The number of para-hydroxylation sites is 1. The van der Waals surface area contributed by atoms with Crippen LogP contribution in [0.1, 0.15) is 11.1 Å². The van der Waals surface area contributed by atoms with Gasteiger partial charge in [0.1, 0.15) is 22.4 Å². The molecule has 142 valence electrons. The fourth-order valence-corrected chi connectivity index (χ4v) is 4.44. The molecule has 0 bridgehead atoms. The van der Waals surface area contributed by atoms with E-state index in [0.29, 0.717) is 22.4 Å². The number of methoxy groups -OCH3 is 1. The van der Waals surface area contributed by atoms with Gasteiger partial charge in [0.25, 0.3) is 5.91 Å². The van der Waals surface area contributed by atoms with Gasteiger partial charge in [0, 0.05) is 12.1 Å². The van der Waals surface area contributed by atoms with Crippen molar-refractivity contribution in [2.24, 2.45) is 0 Å². The van der Waals surface area contributed by atoms with E-state index >= 15 is 0 Å². The summed E-state index contributed by atoms with van der Waals surface area (Å²) in [7, 11) is 1.65. The Balaban J connectivity index is 1.45. The summed E-state index contributed by atoms with van der Waals surface area (Å²) in [4.78, 5) is 15.1. The zero-order valence-electron chi connectivity index (χ0n) is 15.4. The summed E-state index contributed by atoms with van der Waals surface area (Å²) in [6.45, 7) is 1.01. The van der Waals surface area contributed by atoms with Crippen molar-refractivity contribution in [3.8, 4) is 11.5 Å². The van der Waals surface area contributed by atoms with Gasteiger partial charge in [0.05, 0.1) is 12.0 Å². The molecule has 0 radical (unpaired) electrons. The highest BCUT2D eigenvalue weighted by Gasteiger charge is 2.32. The number of carbonyl (C=O) groups excluding carboxylic acids is 1. The van der Waals surface area contributed by atoms with E-state index in [9.17, 15) is 4.79 Å². The van der Waals surface area contributed by atoms with Crippen LogP contribution in [0.15, 0.2) is 65.1 Å². The van der Waals surface area contributed by atoms with Crippen LogP contribution in [0.2, 0.25) is 0 Å². The highest BCUT2D eigenvalue weighted by molar-refractivity contribution is 8.26. The third kappa shape index (κ3) is 3.98. The van der Waals surface area contributed by atoms with Crippen LogP contribution in [-0.4, -0.2) is 35.4 Å². The summed E-state index contributed by atoms with van der Waals surface area (Å²) in [5.41, 5.74) is 3.13. The van der Waals surface area contributed by atoms with Gasteiger partial charge >= 0.3 is 0 Å². The van der Waals surface area contributed by atoms with Crippen molar-refractivity contribution in [3.05, 3.63) is 76.2 Å². The number of hydrogen-bond donors (Lipinski definition) is 0. The van der Waals surface area contributed by atoms with Gasteiger partial charge in [-0.05, 0) is 47.9 Å². The zero-order valence-corrected chi connectivity index (χ0v) is 17.0. The number of amides is 1. The van der Waals surface area contributed by atoms with Crippen LogP contribution in [-0.2, 0) is 11.2 Å². The Bertz CT molecular complexity index is 980. The molecule has 1 amide bonds. The van der Waals surface area contributed by atoms with Gasteiger partial charge in [-0.2, -0.15) is 0 Å². The Labute approximate surface area is 173 Å². The summed E-state index contributed by atoms with van der Waals surface area (Å²) >= 11 is 6.79. The standard InChI is InChI=1S/C22H19NO3S2/c1-25-18-8-6-15(7-9-18)10-11-23-21(24)20(28-22(23)27)13-16-12-17-4-2-3-5-19(17)26-14-16/h2-9,12-13H,10-11,14H2,1H3. The molecule has 0 atom stereocenters. The van der Waals surface area contributed by atoms with Gasteiger partial charge in [0.2, 0.25) is 0 Å². The normalized spacial score (nSPS) is 17.4. The summed E-state index contributed by atoms with van der Waals surface area (Å²) < 4.78 is 11.5.